The Morgan fingerprint density at radius 3 is 2.21 bits per heavy atom. The minimum absolute atomic E-state index is 0.226. The molecule has 0 aliphatic rings. The molecule has 0 nitrogen and oxygen atoms in total. The molecule has 0 saturated carbocycles. The van der Waals surface area contributed by atoms with E-state index < -0.39 is 0 Å². The van der Waals surface area contributed by atoms with Gasteiger partial charge in [-0.05, 0) is 35.4 Å². The summed E-state index contributed by atoms with van der Waals surface area (Å²) in [6.07, 6.45) is 0. The van der Waals surface area contributed by atoms with E-state index in [1.165, 1.54) is 12.1 Å². The van der Waals surface area contributed by atoms with Crippen LogP contribution in [0.2, 0.25) is 5.02 Å². The molecule has 2 heteroatoms. The maximum atomic E-state index is 12.7. The van der Waals surface area contributed by atoms with Crippen molar-refractivity contribution in [3.8, 4) is 11.1 Å². The van der Waals surface area contributed by atoms with Gasteiger partial charge in [-0.1, -0.05) is 35.9 Å². The van der Waals surface area contributed by atoms with Crippen molar-refractivity contribution in [3.63, 3.8) is 0 Å². The highest BCUT2D eigenvalue weighted by atomic mass is 35.5. The smallest absolute Gasteiger partial charge is 0.123 e. The average Bonchev–Trinajstić information content (AvgIpc) is 2.19. The highest BCUT2D eigenvalue weighted by molar-refractivity contribution is 6.30. The van der Waals surface area contributed by atoms with Crippen LogP contribution >= 0.6 is 11.6 Å². The second-order valence-corrected chi connectivity index (χ2v) is 3.45. The Bertz CT molecular complexity index is 434. The predicted octanol–water partition coefficient (Wildman–Crippen LogP) is 4.15. The van der Waals surface area contributed by atoms with E-state index in [0.717, 1.165) is 11.1 Å². The van der Waals surface area contributed by atoms with Gasteiger partial charge in [-0.2, -0.15) is 0 Å². The quantitative estimate of drug-likeness (QED) is 0.658. The lowest BCUT2D eigenvalue weighted by Gasteiger charge is -2.01. The second-order valence-electron chi connectivity index (χ2n) is 3.02. The Labute approximate surface area is 87.0 Å². The van der Waals surface area contributed by atoms with E-state index in [0.29, 0.717) is 5.02 Å². The first-order valence-corrected chi connectivity index (χ1v) is 4.65. The van der Waals surface area contributed by atoms with E-state index in [-0.39, 0.29) is 5.82 Å². The molecule has 0 radical (unpaired) electrons. The standard InChI is InChI=1S/C12H8ClF/c13-11-3-1-2-10(8-11)9-4-6-12(14)7-5-9/h1-8H. The van der Waals surface area contributed by atoms with Crippen molar-refractivity contribution < 1.29 is 4.39 Å². The molecule has 0 aliphatic carbocycles. The maximum absolute atomic E-state index is 12.7. The van der Waals surface area contributed by atoms with Crippen LogP contribution in [0.1, 0.15) is 0 Å². The fourth-order valence-corrected chi connectivity index (χ4v) is 1.50. The zero-order valence-corrected chi connectivity index (χ0v) is 8.13. The first kappa shape index (κ1) is 9.22. The minimum Gasteiger partial charge on any atom is -0.207 e. The van der Waals surface area contributed by atoms with Gasteiger partial charge in [-0.25, -0.2) is 4.39 Å². The normalized spacial score (nSPS) is 10.1. The van der Waals surface area contributed by atoms with Crippen LogP contribution in [0, 0.1) is 5.82 Å². The molecule has 0 amide bonds. The van der Waals surface area contributed by atoms with E-state index in [9.17, 15) is 4.39 Å². The predicted molar refractivity (Wildman–Crippen MR) is 56.8 cm³/mol. The second kappa shape index (κ2) is 3.81. The van der Waals surface area contributed by atoms with Crippen molar-refractivity contribution in [2.45, 2.75) is 0 Å². The van der Waals surface area contributed by atoms with Crippen LogP contribution in [0.25, 0.3) is 11.1 Å². The van der Waals surface area contributed by atoms with Crippen molar-refractivity contribution in [2.24, 2.45) is 0 Å². The van der Waals surface area contributed by atoms with Crippen LogP contribution in [0.4, 0.5) is 4.39 Å². The monoisotopic (exact) mass is 206 g/mol. The summed E-state index contributed by atoms with van der Waals surface area (Å²) in [6.45, 7) is 0. The largest absolute Gasteiger partial charge is 0.207 e. The summed E-state index contributed by atoms with van der Waals surface area (Å²) in [5.74, 6) is -0.226. The van der Waals surface area contributed by atoms with Gasteiger partial charge in [0.2, 0.25) is 0 Å². The third-order valence-electron chi connectivity index (χ3n) is 2.00. The Morgan fingerprint density at radius 2 is 1.57 bits per heavy atom. The molecule has 0 saturated heterocycles. The topological polar surface area (TPSA) is 0 Å². The van der Waals surface area contributed by atoms with Gasteiger partial charge >= 0.3 is 0 Å². The molecule has 0 aromatic heterocycles. The van der Waals surface area contributed by atoms with Crippen LogP contribution in [-0.2, 0) is 0 Å². The summed E-state index contributed by atoms with van der Waals surface area (Å²) in [5.41, 5.74) is 1.96. The molecule has 2 aromatic carbocycles. The van der Waals surface area contributed by atoms with Crippen LogP contribution < -0.4 is 0 Å². The molecule has 0 unspecified atom stereocenters. The first-order valence-electron chi connectivity index (χ1n) is 4.27. The van der Waals surface area contributed by atoms with E-state index in [1.54, 1.807) is 12.1 Å². The van der Waals surface area contributed by atoms with Gasteiger partial charge < -0.3 is 0 Å². The number of hydrogen-bond acceptors (Lipinski definition) is 0. The third-order valence-corrected chi connectivity index (χ3v) is 2.24. The fourth-order valence-electron chi connectivity index (χ4n) is 1.31. The van der Waals surface area contributed by atoms with E-state index in [2.05, 4.69) is 0 Å². The number of benzene rings is 2. The molecule has 70 valence electrons. The lowest BCUT2D eigenvalue weighted by molar-refractivity contribution is 0.628. The van der Waals surface area contributed by atoms with E-state index in [1.807, 2.05) is 24.3 Å². The average molecular weight is 207 g/mol. The maximum Gasteiger partial charge on any atom is 0.123 e. The molecule has 0 heterocycles. The summed E-state index contributed by atoms with van der Waals surface area (Å²) in [7, 11) is 0. The van der Waals surface area contributed by atoms with Gasteiger partial charge in [0.1, 0.15) is 5.82 Å². The van der Waals surface area contributed by atoms with Gasteiger partial charge in [0.05, 0.1) is 0 Å². The number of rotatable bonds is 1. The van der Waals surface area contributed by atoms with Gasteiger partial charge in [0, 0.05) is 5.02 Å². The number of halogens is 2. The van der Waals surface area contributed by atoms with Gasteiger partial charge in [-0.3, -0.25) is 0 Å². The summed E-state index contributed by atoms with van der Waals surface area (Å²) in [4.78, 5) is 0. The molecule has 14 heavy (non-hydrogen) atoms. The molecular weight excluding hydrogens is 199 g/mol. The minimum atomic E-state index is -0.226. The third kappa shape index (κ3) is 1.94. The highest BCUT2D eigenvalue weighted by Crippen LogP contribution is 2.22. The summed E-state index contributed by atoms with van der Waals surface area (Å²) in [5, 5.41) is 0.687. The van der Waals surface area contributed by atoms with Crippen molar-refractivity contribution in [2.75, 3.05) is 0 Å². The molecule has 2 aromatic rings. The van der Waals surface area contributed by atoms with Gasteiger partial charge in [0.15, 0.2) is 0 Å². The molecule has 0 aliphatic heterocycles. The zero-order valence-electron chi connectivity index (χ0n) is 7.37. The summed E-state index contributed by atoms with van der Waals surface area (Å²) >= 11 is 5.85. The van der Waals surface area contributed by atoms with Crippen molar-refractivity contribution >= 4 is 11.6 Å². The zero-order chi connectivity index (χ0) is 9.97. The van der Waals surface area contributed by atoms with Crippen LogP contribution in [0.15, 0.2) is 48.5 Å². The lowest BCUT2D eigenvalue weighted by atomic mass is 10.1. The SMILES string of the molecule is Fc1ccc(-c2cccc(Cl)c2)cc1. The highest BCUT2D eigenvalue weighted by Gasteiger charge is 1.97. The molecular formula is C12H8ClF. The summed E-state index contributed by atoms with van der Waals surface area (Å²) < 4.78 is 12.7. The Balaban J connectivity index is 2.44. The van der Waals surface area contributed by atoms with Crippen LogP contribution in [0.5, 0.6) is 0 Å². The summed E-state index contributed by atoms with van der Waals surface area (Å²) in [6, 6.07) is 13.8. The molecule has 0 spiro atoms. The molecule has 0 N–H and O–H groups in total. The van der Waals surface area contributed by atoms with Gasteiger partial charge in [0.25, 0.3) is 0 Å². The lowest BCUT2D eigenvalue weighted by Crippen LogP contribution is -1.78. The van der Waals surface area contributed by atoms with Crippen molar-refractivity contribution in [3.05, 3.63) is 59.4 Å². The fraction of sp³-hybridized carbons (Fsp3) is 0. The van der Waals surface area contributed by atoms with E-state index >= 15 is 0 Å². The van der Waals surface area contributed by atoms with Crippen LogP contribution in [-0.4, -0.2) is 0 Å². The first-order chi connectivity index (χ1) is 6.75. The Hall–Kier alpha value is -1.34. The van der Waals surface area contributed by atoms with Crippen LogP contribution in [0.3, 0.4) is 0 Å². The molecule has 0 bridgehead atoms. The van der Waals surface area contributed by atoms with Gasteiger partial charge in [-0.15, -0.1) is 0 Å². The molecule has 2 rings (SSSR count). The van der Waals surface area contributed by atoms with Crippen molar-refractivity contribution in [1.29, 1.82) is 0 Å². The Morgan fingerprint density at radius 1 is 0.857 bits per heavy atom. The molecule has 0 atom stereocenters. The Kier molecular flexibility index (Phi) is 2.51. The van der Waals surface area contributed by atoms with E-state index in [4.69, 9.17) is 11.6 Å². The molecule has 0 fully saturated rings. The number of hydrogen-bond donors (Lipinski definition) is 0. The van der Waals surface area contributed by atoms with Crippen molar-refractivity contribution in [1.82, 2.24) is 0 Å².